The highest BCUT2D eigenvalue weighted by Crippen LogP contribution is 2.50. The van der Waals surface area contributed by atoms with E-state index in [-0.39, 0.29) is 6.04 Å². The maximum absolute atomic E-state index is 11.1. The number of rotatable bonds is 4. The Morgan fingerprint density at radius 3 is 2.76 bits per heavy atom. The summed E-state index contributed by atoms with van der Waals surface area (Å²) in [6, 6.07) is 13.6. The van der Waals surface area contributed by atoms with E-state index in [1.807, 2.05) is 25.1 Å². The number of aromatic carboxylic acids is 1. The largest absolute Gasteiger partial charge is 0.494 e. The van der Waals surface area contributed by atoms with Crippen LogP contribution in [-0.2, 0) is 0 Å². The number of benzene rings is 2. The van der Waals surface area contributed by atoms with Gasteiger partial charge in [-0.2, -0.15) is 0 Å². The first kappa shape index (κ1) is 15.8. The number of anilines is 1. The van der Waals surface area contributed by atoms with E-state index < -0.39 is 5.97 Å². The normalized spacial score (nSPS) is 23.5. The number of fused-ring (bicyclic) bond motifs is 3. The van der Waals surface area contributed by atoms with Gasteiger partial charge in [-0.1, -0.05) is 24.3 Å². The summed E-state index contributed by atoms with van der Waals surface area (Å²) in [4.78, 5) is 11.1. The van der Waals surface area contributed by atoms with Gasteiger partial charge in [0.25, 0.3) is 0 Å². The summed E-state index contributed by atoms with van der Waals surface area (Å²) in [5, 5.41) is 12.8. The van der Waals surface area contributed by atoms with Gasteiger partial charge in [-0.3, -0.25) is 0 Å². The van der Waals surface area contributed by atoms with Gasteiger partial charge in [0, 0.05) is 11.6 Å². The minimum absolute atomic E-state index is 0.174. The third kappa shape index (κ3) is 2.78. The number of carboxylic acids is 1. The van der Waals surface area contributed by atoms with Crippen molar-refractivity contribution in [2.45, 2.75) is 25.3 Å². The van der Waals surface area contributed by atoms with Gasteiger partial charge in [-0.25, -0.2) is 4.79 Å². The second kappa shape index (κ2) is 6.28. The number of hydrogen-bond donors (Lipinski definition) is 2. The summed E-state index contributed by atoms with van der Waals surface area (Å²) in [5.74, 6) is 0.810. The molecule has 1 aliphatic carbocycles. The lowest BCUT2D eigenvalue weighted by Crippen LogP contribution is -2.29. The molecule has 4 rings (SSSR count). The molecule has 0 fully saturated rings. The molecule has 0 amide bonds. The predicted octanol–water partition coefficient (Wildman–Crippen LogP) is 4.61. The Morgan fingerprint density at radius 2 is 2.04 bits per heavy atom. The second-order valence-electron chi connectivity index (χ2n) is 6.58. The molecule has 4 nitrogen and oxygen atoms in total. The molecule has 0 radical (unpaired) electrons. The molecule has 0 unspecified atom stereocenters. The van der Waals surface area contributed by atoms with Crippen LogP contribution in [0.2, 0.25) is 0 Å². The topological polar surface area (TPSA) is 58.6 Å². The van der Waals surface area contributed by atoms with Crippen LogP contribution in [0.25, 0.3) is 0 Å². The zero-order valence-corrected chi connectivity index (χ0v) is 14.1. The average Bonchev–Trinajstić information content (AvgIpc) is 3.11. The number of hydrogen-bond acceptors (Lipinski definition) is 3. The van der Waals surface area contributed by atoms with Crippen LogP contribution in [0.4, 0.5) is 5.69 Å². The summed E-state index contributed by atoms with van der Waals surface area (Å²) in [6.45, 7) is 2.65. The molecule has 0 saturated heterocycles. The van der Waals surface area contributed by atoms with Gasteiger partial charge < -0.3 is 15.2 Å². The van der Waals surface area contributed by atoms with Crippen LogP contribution in [0.15, 0.2) is 54.6 Å². The van der Waals surface area contributed by atoms with Gasteiger partial charge in [-0.15, -0.1) is 0 Å². The Labute approximate surface area is 147 Å². The fourth-order valence-corrected chi connectivity index (χ4v) is 3.99. The first-order valence-corrected chi connectivity index (χ1v) is 8.70. The molecule has 2 aliphatic rings. The van der Waals surface area contributed by atoms with Gasteiger partial charge in [0.1, 0.15) is 5.75 Å². The molecule has 0 spiro atoms. The minimum atomic E-state index is -0.891. The minimum Gasteiger partial charge on any atom is -0.494 e. The molecule has 1 aliphatic heterocycles. The number of carboxylic acid groups (broad SMARTS) is 1. The Kier molecular flexibility index (Phi) is 3.96. The van der Waals surface area contributed by atoms with Crippen LogP contribution in [0.3, 0.4) is 0 Å². The molecule has 128 valence electrons. The lowest BCUT2D eigenvalue weighted by Gasteiger charge is -2.37. The van der Waals surface area contributed by atoms with Crippen molar-refractivity contribution in [3.05, 3.63) is 71.3 Å². The van der Waals surface area contributed by atoms with Crippen LogP contribution in [0.5, 0.6) is 5.75 Å². The Balaban J connectivity index is 1.69. The Hall–Kier alpha value is -2.75. The van der Waals surface area contributed by atoms with E-state index in [9.17, 15) is 4.79 Å². The maximum Gasteiger partial charge on any atom is 0.335 e. The van der Waals surface area contributed by atoms with Gasteiger partial charge in [0.05, 0.1) is 18.2 Å². The van der Waals surface area contributed by atoms with Gasteiger partial charge in [-0.05, 0) is 60.7 Å². The lowest BCUT2D eigenvalue weighted by atomic mass is 9.77. The van der Waals surface area contributed by atoms with Crippen LogP contribution < -0.4 is 10.1 Å². The van der Waals surface area contributed by atoms with Gasteiger partial charge in [0.15, 0.2) is 0 Å². The van der Waals surface area contributed by atoms with Crippen molar-refractivity contribution < 1.29 is 14.6 Å². The second-order valence-corrected chi connectivity index (χ2v) is 6.58. The molecule has 0 saturated carbocycles. The van der Waals surface area contributed by atoms with Crippen molar-refractivity contribution in [2.24, 2.45) is 5.92 Å². The summed E-state index contributed by atoms with van der Waals surface area (Å²) in [6.07, 6.45) is 5.55. The zero-order chi connectivity index (χ0) is 17.4. The van der Waals surface area contributed by atoms with Crippen LogP contribution in [-0.4, -0.2) is 17.7 Å². The quantitative estimate of drug-likeness (QED) is 0.801. The third-order valence-corrected chi connectivity index (χ3v) is 5.16. The SMILES string of the molecule is CCOc1ccc2c(c1)[C@H]1C=CC[C@@H]1[C@@H](c1ccc(C(=O)O)cc1)N2. The van der Waals surface area contributed by atoms with E-state index in [1.54, 1.807) is 12.1 Å². The predicted molar refractivity (Wildman–Crippen MR) is 97.4 cm³/mol. The summed E-state index contributed by atoms with van der Waals surface area (Å²) < 4.78 is 5.66. The lowest BCUT2D eigenvalue weighted by molar-refractivity contribution is 0.0697. The molecule has 2 aromatic carbocycles. The first-order chi connectivity index (χ1) is 12.2. The average molecular weight is 335 g/mol. The molecule has 1 heterocycles. The highest BCUT2D eigenvalue weighted by Gasteiger charge is 2.38. The van der Waals surface area contributed by atoms with E-state index in [4.69, 9.17) is 9.84 Å². The molecular weight excluding hydrogens is 314 g/mol. The Morgan fingerprint density at radius 1 is 1.24 bits per heavy atom. The smallest absolute Gasteiger partial charge is 0.335 e. The standard InChI is InChI=1S/C21H21NO3/c1-2-25-15-10-11-19-18(12-15)16-4-3-5-17(16)20(22-19)13-6-8-14(9-7-13)21(23)24/h3-4,6-12,16-17,20,22H,2,5H2,1H3,(H,23,24)/t16-,17-,20+/m0/s1. The van der Waals surface area contributed by atoms with E-state index in [0.29, 0.717) is 24.0 Å². The van der Waals surface area contributed by atoms with Crippen LogP contribution in [0.1, 0.15) is 46.8 Å². The Bertz CT molecular complexity index is 826. The molecule has 3 atom stereocenters. The van der Waals surface area contributed by atoms with Crippen molar-refractivity contribution in [2.75, 3.05) is 11.9 Å². The fraction of sp³-hybridized carbons (Fsp3) is 0.286. The van der Waals surface area contributed by atoms with Crippen LogP contribution in [0, 0.1) is 5.92 Å². The van der Waals surface area contributed by atoms with Crippen molar-refractivity contribution >= 4 is 11.7 Å². The highest BCUT2D eigenvalue weighted by atomic mass is 16.5. The van der Waals surface area contributed by atoms with E-state index >= 15 is 0 Å². The van der Waals surface area contributed by atoms with Crippen molar-refractivity contribution in [1.82, 2.24) is 0 Å². The number of allylic oxidation sites excluding steroid dienone is 2. The molecular formula is C21H21NO3. The zero-order valence-electron chi connectivity index (χ0n) is 14.1. The van der Waals surface area contributed by atoms with Gasteiger partial charge in [0.2, 0.25) is 0 Å². The van der Waals surface area contributed by atoms with E-state index in [2.05, 4.69) is 29.6 Å². The summed E-state index contributed by atoms with van der Waals surface area (Å²) in [7, 11) is 0. The summed E-state index contributed by atoms with van der Waals surface area (Å²) in [5.41, 5.74) is 3.86. The van der Waals surface area contributed by atoms with Gasteiger partial charge >= 0.3 is 5.97 Å². The van der Waals surface area contributed by atoms with E-state index in [1.165, 1.54) is 5.56 Å². The van der Waals surface area contributed by atoms with Crippen molar-refractivity contribution in [3.8, 4) is 5.75 Å². The van der Waals surface area contributed by atoms with Crippen LogP contribution >= 0.6 is 0 Å². The monoisotopic (exact) mass is 335 g/mol. The number of ether oxygens (including phenoxy) is 1. The maximum atomic E-state index is 11.1. The number of carbonyl (C=O) groups is 1. The molecule has 0 aromatic heterocycles. The highest BCUT2D eigenvalue weighted by molar-refractivity contribution is 5.87. The molecule has 0 bridgehead atoms. The fourth-order valence-electron chi connectivity index (χ4n) is 3.99. The van der Waals surface area contributed by atoms with Crippen molar-refractivity contribution in [1.29, 1.82) is 0 Å². The van der Waals surface area contributed by atoms with E-state index in [0.717, 1.165) is 23.4 Å². The molecule has 2 N–H and O–H groups in total. The summed E-state index contributed by atoms with van der Waals surface area (Å²) >= 11 is 0. The molecule has 4 heteroatoms. The third-order valence-electron chi connectivity index (χ3n) is 5.16. The van der Waals surface area contributed by atoms with Crippen molar-refractivity contribution in [3.63, 3.8) is 0 Å². The first-order valence-electron chi connectivity index (χ1n) is 8.70. The number of nitrogens with one attached hydrogen (secondary N) is 1. The molecule has 25 heavy (non-hydrogen) atoms. The molecule has 2 aromatic rings.